The summed E-state index contributed by atoms with van der Waals surface area (Å²) in [5.74, 6) is 1.90. The van der Waals surface area contributed by atoms with Crippen molar-refractivity contribution in [2.24, 2.45) is 11.8 Å². The number of carbonyl (C=O) groups is 2. The molecule has 2 unspecified atom stereocenters. The second-order valence-corrected chi connectivity index (χ2v) is 18.8. The highest BCUT2D eigenvalue weighted by atomic mass is 32.2. The normalized spacial score (nSPS) is 26.6. The van der Waals surface area contributed by atoms with Crippen LogP contribution in [0.3, 0.4) is 0 Å². The Morgan fingerprint density at radius 3 is 1.46 bits per heavy atom. The molecule has 0 saturated carbocycles. The minimum absolute atomic E-state index is 0.0302. The summed E-state index contributed by atoms with van der Waals surface area (Å²) < 4.78 is 14.6. The van der Waals surface area contributed by atoms with Gasteiger partial charge in [0.1, 0.15) is 31.4 Å². The van der Waals surface area contributed by atoms with Crippen LogP contribution in [-0.4, -0.2) is 43.3 Å². The number of allylic oxidation sites excluding steroid dienone is 6. The molecule has 2 aromatic heterocycles. The topological polar surface area (TPSA) is 59.1 Å². The molecular weight excluding hydrogens is 717 g/mol. The summed E-state index contributed by atoms with van der Waals surface area (Å²) in [4.78, 5) is 34.8. The average Bonchev–Trinajstić information content (AvgIpc) is 3.77. The fraction of sp³-hybridized carbons (Fsp3) is 0.333. The molecule has 48 heavy (non-hydrogen) atoms. The maximum absolute atomic E-state index is 12.9. The van der Waals surface area contributed by atoms with Crippen LogP contribution < -0.4 is 0 Å². The van der Waals surface area contributed by atoms with Crippen molar-refractivity contribution in [3.63, 3.8) is 0 Å². The maximum Gasteiger partial charge on any atom is 0.266 e. The molecule has 12 heteroatoms. The molecule has 6 nitrogen and oxygen atoms in total. The summed E-state index contributed by atoms with van der Waals surface area (Å²) in [6.07, 6.45) is 13.1. The SMILES string of the molecule is CCN1C(=O)/C(=C/c2cc3c(s2)C2=CC4C=C5OC(C)(C)c6cc(/C=C7/SC(=S)N(CC)C7=O)sc6C5=CC4C=C2OC3(C)C)SC1=S. The molecule has 0 radical (unpaired) electrons. The van der Waals surface area contributed by atoms with Crippen LogP contribution in [0.4, 0.5) is 0 Å². The van der Waals surface area contributed by atoms with E-state index < -0.39 is 11.2 Å². The molecule has 0 N–H and O–H groups in total. The van der Waals surface area contributed by atoms with Crippen molar-refractivity contribution in [1.82, 2.24) is 9.80 Å². The van der Waals surface area contributed by atoms with Crippen molar-refractivity contribution in [3.8, 4) is 0 Å². The zero-order valence-corrected chi connectivity index (χ0v) is 32.1. The Labute approximate surface area is 307 Å². The van der Waals surface area contributed by atoms with E-state index in [-0.39, 0.29) is 23.7 Å². The van der Waals surface area contributed by atoms with Crippen LogP contribution in [0.1, 0.15) is 72.2 Å². The Morgan fingerprint density at radius 2 is 1.10 bits per heavy atom. The number of ether oxygens (including phenoxy) is 2. The molecule has 2 aromatic rings. The van der Waals surface area contributed by atoms with Crippen LogP contribution in [0.5, 0.6) is 0 Å². The van der Waals surface area contributed by atoms with Gasteiger partial charge in [-0.05, 0) is 78.0 Å². The number of hydrogen-bond acceptors (Lipinski definition) is 10. The van der Waals surface area contributed by atoms with Crippen molar-refractivity contribution in [2.45, 2.75) is 52.7 Å². The quantitative estimate of drug-likeness (QED) is 0.227. The molecule has 0 bridgehead atoms. The first-order valence-corrected chi connectivity index (χ1v) is 19.9. The molecule has 2 atom stereocenters. The molecular formula is C36H32N2O4S6. The van der Waals surface area contributed by atoms with E-state index in [0.717, 1.165) is 43.5 Å². The van der Waals surface area contributed by atoms with Crippen molar-refractivity contribution >= 4 is 114 Å². The van der Waals surface area contributed by atoms with E-state index in [1.165, 1.54) is 33.3 Å². The van der Waals surface area contributed by atoms with Gasteiger partial charge < -0.3 is 9.47 Å². The van der Waals surface area contributed by atoms with Gasteiger partial charge in [-0.3, -0.25) is 19.4 Å². The summed E-state index contributed by atoms with van der Waals surface area (Å²) in [7, 11) is 0. The summed E-state index contributed by atoms with van der Waals surface area (Å²) in [6, 6.07) is 4.31. The van der Waals surface area contributed by atoms with E-state index in [1.54, 1.807) is 32.5 Å². The van der Waals surface area contributed by atoms with E-state index in [4.69, 9.17) is 33.9 Å². The Bertz CT molecular complexity index is 1920. The van der Waals surface area contributed by atoms with Gasteiger partial charge in [0.15, 0.2) is 0 Å². The predicted molar refractivity (Wildman–Crippen MR) is 207 cm³/mol. The number of fused-ring (bicyclic) bond motifs is 7. The van der Waals surface area contributed by atoms with Gasteiger partial charge >= 0.3 is 0 Å². The van der Waals surface area contributed by atoms with Crippen molar-refractivity contribution < 1.29 is 19.1 Å². The molecule has 2 aliphatic carbocycles. The van der Waals surface area contributed by atoms with E-state index in [9.17, 15) is 9.59 Å². The Hall–Kier alpha value is -2.74. The fourth-order valence-electron chi connectivity index (χ4n) is 6.89. The third-order valence-electron chi connectivity index (χ3n) is 9.33. The minimum atomic E-state index is -0.536. The number of carbonyl (C=O) groups excluding carboxylic acids is 2. The van der Waals surface area contributed by atoms with Crippen molar-refractivity contribution in [2.75, 3.05) is 13.1 Å². The van der Waals surface area contributed by atoms with Gasteiger partial charge in [0.2, 0.25) is 0 Å². The van der Waals surface area contributed by atoms with Crippen LogP contribution in [0, 0.1) is 11.8 Å². The maximum atomic E-state index is 12.9. The van der Waals surface area contributed by atoms with E-state index >= 15 is 0 Å². The standard InChI is InChI=1S/C36H32N2O4S6/c1-7-37-31(39)27(47-33(37)43)15-19-13-23-29(45-19)21-9-17-12-26-22(10-18(17)11-25(21)41-35(23,3)4)30-24(36(5,6)42-26)14-20(46-30)16-28-32(40)38(8-2)34(44)48-28/h9-18H,7-8H2,1-6H3/b27-15-,28-16+. The molecule has 246 valence electrons. The summed E-state index contributed by atoms with van der Waals surface area (Å²) in [5, 5.41) is 0. The number of nitrogens with zero attached hydrogens (tertiary/aromatic N) is 2. The van der Waals surface area contributed by atoms with Gasteiger partial charge in [-0.15, -0.1) is 22.7 Å². The Balaban J connectivity index is 1.14. The number of thiocarbonyl (C=S) groups is 2. The van der Waals surface area contributed by atoms with Crippen molar-refractivity contribution in [1.29, 1.82) is 0 Å². The highest BCUT2D eigenvalue weighted by Crippen LogP contribution is 2.55. The van der Waals surface area contributed by atoms with Gasteiger partial charge in [-0.1, -0.05) is 60.1 Å². The van der Waals surface area contributed by atoms with Crippen molar-refractivity contribution in [3.05, 3.63) is 88.4 Å². The molecule has 8 rings (SSSR count). The molecule has 6 aliphatic rings. The number of rotatable bonds is 4. The summed E-state index contributed by atoms with van der Waals surface area (Å²) in [5.41, 5.74) is 3.34. The number of hydrogen-bond donors (Lipinski definition) is 0. The molecule has 0 aromatic carbocycles. The van der Waals surface area contributed by atoms with Crippen LogP contribution in [0.2, 0.25) is 0 Å². The number of thiophene rings is 2. The zero-order chi connectivity index (χ0) is 33.9. The highest BCUT2D eigenvalue weighted by Gasteiger charge is 2.43. The smallest absolute Gasteiger partial charge is 0.266 e. The average molecular weight is 749 g/mol. The number of amides is 2. The van der Waals surface area contributed by atoms with Gasteiger partial charge in [-0.2, -0.15) is 0 Å². The molecule has 0 spiro atoms. The molecule has 4 aliphatic heterocycles. The molecule has 2 fully saturated rings. The lowest BCUT2D eigenvalue weighted by molar-refractivity contribution is -0.122. The van der Waals surface area contributed by atoms with E-state index in [0.29, 0.717) is 31.5 Å². The zero-order valence-electron chi connectivity index (χ0n) is 27.2. The number of likely N-dealkylation sites (N-methyl/N-ethyl adjacent to an activating group) is 2. The second-order valence-electron chi connectivity index (χ2n) is 13.2. The Kier molecular flexibility index (Phi) is 7.71. The summed E-state index contributed by atoms with van der Waals surface area (Å²) in [6.45, 7) is 13.4. The first kappa shape index (κ1) is 32.5. The third-order valence-corrected chi connectivity index (χ3v) is 14.3. The van der Waals surface area contributed by atoms with Crippen LogP contribution in [0.25, 0.3) is 23.3 Å². The lowest BCUT2D eigenvalue weighted by Gasteiger charge is -2.40. The van der Waals surface area contributed by atoms with Crippen LogP contribution in [-0.2, 0) is 30.3 Å². The Morgan fingerprint density at radius 1 is 0.708 bits per heavy atom. The largest absolute Gasteiger partial charge is 0.483 e. The van der Waals surface area contributed by atoms with Gasteiger partial charge in [0, 0.05) is 66.7 Å². The second kappa shape index (κ2) is 11.4. The molecule has 2 saturated heterocycles. The molecule has 2 amide bonds. The number of thioether (sulfide) groups is 2. The fourth-order valence-corrected chi connectivity index (χ4v) is 12.4. The van der Waals surface area contributed by atoms with E-state index in [2.05, 4.69) is 64.1 Å². The van der Waals surface area contributed by atoms with Crippen LogP contribution in [0.15, 0.2) is 57.8 Å². The first-order valence-electron chi connectivity index (χ1n) is 15.8. The predicted octanol–water partition coefficient (Wildman–Crippen LogP) is 9.28. The third kappa shape index (κ3) is 5.09. The van der Waals surface area contributed by atoms with Crippen LogP contribution >= 0.6 is 70.6 Å². The summed E-state index contributed by atoms with van der Waals surface area (Å²) >= 11 is 17.0. The highest BCUT2D eigenvalue weighted by molar-refractivity contribution is 8.27. The molecule has 6 heterocycles. The lowest BCUT2D eigenvalue weighted by atomic mass is 9.76. The first-order chi connectivity index (χ1) is 22.8. The van der Waals surface area contributed by atoms with Gasteiger partial charge in [-0.25, -0.2) is 0 Å². The van der Waals surface area contributed by atoms with Gasteiger partial charge in [0.05, 0.1) is 9.81 Å². The monoisotopic (exact) mass is 748 g/mol. The minimum Gasteiger partial charge on any atom is -0.483 e. The van der Waals surface area contributed by atoms with Gasteiger partial charge in [0.25, 0.3) is 11.8 Å². The van der Waals surface area contributed by atoms with E-state index in [1.807, 2.05) is 26.0 Å². The lowest BCUT2D eigenvalue weighted by Crippen LogP contribution is -2.31.